The molecule has 0 aromatic heterocycles. The van der Waals surface area contributed by atoms with Gasteiger partial charge in [0, 0.05) is 27.2 Å². The van der Waals surface area contributed by atoms with Gasteiger partial charge in [0.05, 0.1) is 5.60 Å². The van der Waals surface area contributed by atoms with Crippen molar-refractivity contribution in [3.63, 3.8) is 0 Å². The topological polar surface area (TPSA) is 45.7 Å². The maximum absolute atomic E-state index is 5.39. The molecule has 0 fully saturated rings. The standard InChI is InChI=1S/C17H29N3O.HI/c1-14(15-9-7-6-8-10-15)11-12-19-16(18-4)20-13-17(2,3)21-5;/h6-10,14H,11-13H2,1-5H3,(H2,18,19,20);1H. The minimum absolute atomic E-state index is 0. The van der Waals surface area contributed by atoms with Crippen LogP contribution in [0.4, 0.5) is 0 Å². The highest BCUT2D eigenvalue weighted by Crippen LogP contribution is 2.17. The number of nitrogens with zero attached hydrogens (tertiary/aromatic N) is 1. The first-order chi connectivity index (χ1) is 9.98. The van der Waals surface area contributed by atoms with E-state index in [-0.39, 0.29) is 29.6 Å². The van der Waals surface area contributed by atoms with Crippen molar-refractivity contribution in [2.24, 2.45) is 4.99 Å². The Hall–Kier alpha value is -0.820. The predicted molar refractivity (Wildman–Crippen MR) is 105 cm³/mol. The first-order valence-electron chi connectivity index (χ1n) is 7.53. The fourth-order valence-electron chi connectivity index (χ4n) is 1.94. The van der Waals surface area contributed by atoms with Crippen LogP contribution in [0.5, 0.6) is 0 Å². The largest absolute Gasteiger partial charge is 0.377 e. The van der Waals surface area contributed by atoms with E-state index >= 15 is 0 Å². The Bertz CT molecular complexity index is 435. The van der Waals surface area contributed by atoms with Gasteiger partial charge in [-0.05, 0) is 31.7 Å². The molecular weight excluding hydrogens is 389 g/mol. The average Bonchev–Trinajstić information content (AvgIpc) is 2.51. The predicted octanol–water partition coefficient (Wildman–Crippen LogP) is 3.39. The lowest BCUT2D eigenvalue weighted by atomic mass is 9.98. The minimum Gasteiger partial charge on any atom is -0.377 e. The Labute approximate surface area is 152 Å². The maximum Gasteiger partial charge on any atom is 0.191 e. The van der Waals surface area contributed by atoms with Crippen LogP contribution in [-0.4, -0.2) is 38.8 Å². The van der Waals surface area contributed by atoms with Gasteiger partial charge in [0.2, 0.25) is 0 Å². The van der Waals surface area contributed by atoms with Gasteiger partial charge >= 0.3 is 0 Å². The van der Waals surface area contributed by atoms with Gasteiger partial charge in [-0.1, -0.05) is 37.3 Å². The molecule has 0 aliphatic carbocycles. The first kappa shape index (κ1) is 21.2. The summed E-state index contributed by atoms with van der Waals surface area (Å²) in [5.74, 6) is 1.35. The van der Waals surface area contributed by atoms with E-state index in [2.05, 4.69) is 52.9 Å². The summed E-state index contributed by atoms with van der Waals surface area (Å²) >= 11 is 0. The van der Waals surface area contributed by atoms with Crippen LogP contribution >= 0.6 is 24.0 Å². The Balaban J connectivity index is 0.00000441. The van der Waals surface area contributed by atoms with Crippen LogP contribution in [0.1, 0.15) is 38.7 Å². The summed E-state index contributed by atoms with van der Waals surface area (Å²) in [5.41, 5.74) is 1.18. The van der Waals surface area contributed by atoms with Crippen molar-refractivity contribution in [2.75, 3.05) is 27.2 Å². The second-order valence-electron chi connectivity index (χ2n) is 5.92. The summed E-state index contributed by atoms with van der Waals surface area (Å²) in [4.78, 5) is 4.23. The molecule has 0 amide bonds. The number of halogens is 1. The molecule has 22 heavy (non-hydrogen) atoms. The molecule has 5 heteroatoms. The molecule has 0 radical (unpaired) electrons. The van der Waals surface area contributed by atoms with Crippen molar-refractivity contribution < 1.29 is 4.74 Å². The van der Waals surface area contributed by atoms with Gasteiger partial charge in [-0.15, -0.1) is 24.0 Å². The molecule has 0 saturated carbocycles. The molecule has 1 aromatic carbocycles. The molecule has 0 aliphatic heterocycles. The molecule has 1 rings (SSSR count). The molecule has 0 heterocycles. The van der Waals surface area contributed by atoms with Gasteiger partial charge < -0.3 is 15.4 Å². The Morgan fingerprint density at radius 2 is 1.86 bits per heavy atom. The number of hydrogen-bond acceptors (Lipinski definition) is 2. The molecule has 0 saturated heterocycles. The molecule has 126 valence electrons. The fraction of sp³-hybridized carbons (Fsp3) is 0.588. The van der Waals surface area contributed by atoms with E-state index < -0.39 is 0 Å². The van der Waals surface area contributed by atoms with Crippen LogP contribution in [0.2, 0.25) is 0 Å². The summed E-state index contributed by atoms with van der Waals surface area (Å²) in [6.45, 7) is 7.96. The van der Waals surface area contributed by atoms with E-state index in [1.54, 1.807) is 14.2 Å². The second kappa shape index (κ2) is 10.8. The summed E-state index contributed by atoms with van der Waals surface area (Å²) in [6, 6.07) is 10.6. The highest BCUT2D eigenvalue weighted by molar-refractivity contribution is 14.0. The zero-order chi connectivity index (χ0) is 15.7. The summed E-state index contributed by atoms with van der Waals surface area (Å²) in [5, 5.41) is 6.64. The molecule has 1 atom stereocenters. The van der Waals surface area contributed by atoms with E-state index in [4.69, 9.17) is 4.74 Å². The zero-order valence-corrected chi connectivity index (χ0v) is 16.7. The van der Waals surface area contributed by atoms with E-state index in [9.17, 15) is 0 Å². The first-order valence-corrected chi connectivity index (χ1v) is 7.53. The van der Waals surface area contributed by atoms with Gasteiger partial charge in [-0.25, -0.2) is 0 Å². The smallest absolute Gasteiger partial charge is 0.191 e. The van der Waals surface area contributed by atoms with Crippen molar-refractivity contribution in [3.8, 4) is 0 Å². The Morgan fingerprint density at radius 1 is 1.23 bits per heavy atom. The van der Waals surface area contributed by atoms with Crippen molar-refractivity contribution in [1.82, 2.24) is 10.6 Å². The van der Waals surface area contributed by atoms with Gasteiger partial charge in [0.25, 0.3) is 0 Å². The number of guanidine groups is 1. The van der Waals surface area contributed by atoms with Crippen molar-refractivity contribution in [1.29, 1.82) is 0 Å². The molecule has 0 spiro atoms. The fourth-order valence-corrected chi connectivity index (χ4v) is 1.94. The molecule has 2 N–H and O–H groups in total. The molecule has 1 unspecified atom stereocenters. The van der Waals surface area contributed by atoms with Crippen molar-refractivity contribution >= 4 is 29.9 Å². The van der Waals surface area contributed by atoms with Crippen LogP contribution in [0.15, 0.2) is 35.3 Å². The second-order valence-corrected chi connectivity index (χ2v) is 5.92. The molecule has 1 aromatic rings. The normalized spacial score (nSPS) is 13.2. The molecular formula is C17H30IN3O. The number of benzene rings is 1. The number of hydrogen-bond donors (Lipinski definition) is 2. The highest BCUT2D eigenvalue weighted by Gasteiger charge is 2.16. The van der Waals surface area contributed by atoms with Gasteiger partial charge in [-0.3, -0.25) is 4.99 Å². The number of methoxy groups -OCH3 is 1. The van der Waals surface area contributed by atoms with E-state index in [0.717, 1.165) is 25.5 Å². The number of aliphatic imine (C=N–C) groups is 1. The third-order valence-electron chi connectivity index (χ3n) is 3.70. The number of nitrogens with one attached hydrogen (secondary N) is 2. The lowest BCUT2D eigenvalue weighted by molar-refractivity contribution is 0.0268. The van der Waals surface area contributed by atoms with Crippen molar-refractivity contribution in [3.05, 3.63) is 35.9 Å². The van der Waals surface area contributed by atoms with Gasteiger partial charge in [0.1, 0.15) is 0 Å². The van der Waals surface area contributed by atoms with E-state index in [0.29, 0.717) is 5.92 Å². The SMILES string of the molecule is CN=C(NCCC(C)c1ccccc1)NCC(C)(C)OC.I. The van der Waals surface area contributed by atoms with E-state index in [1.165, 1.54) is 5.56 Å². The third kappa shape index (κ3) is 7.98. The van der Waals surface area contributed by atoms with Crippen LogP contribution in [-0.2, 0) is 4.74 Å². The summed E-state index contributed by atoms with van der Waals surface area (Å²) in [6.07, 6.45) is 1.07. The third-order valence-corrected chi connectivity index (χ3v) is 3.70. The zero-order valence-electron chi connectivity index (χ0n) is 14.3. The number of ether oxygens (including phenoxy) is 1. The molecule has 0 aliphatic rings. The minimum atomic E-state index is -0.199. The highest BCUT2D eigenvalue weighted by atomic mass is 127. The lowest BCUT2D eigenvalue weighted by Crippen LogP contribution is -2.45. The van der Waals surface area contributed by atoms with Crippen molar-refractivity contribution in [2.45, 2.75) is 38.7 Å². The molecule has 4 nitrogen and oxygen atoms in total. The number of rotatable bonds is 7. The Kier molecular flexibility index (Phi) is 10.4. The van der Waals surface area contributed by atoms with Crippen LogP contribution in [0.25, 0.3) is 0 Å². The molecule has 0 bridgehead atoms. The maximum atomic E-state index is 5.39. The van der Waals surface area contributed by atoms with E-state index in [1.807, 2.05) is 13.8 Å². The summed E-state index contributed by atoms with van der Waals surface area (Å²) in [7, 11) is 3.51. The van der Waals surface area contributed by atoms with Crippen LogP contribution in [0.3, 0.4) is 0 Å². The quantitative estimate of drug-likeness (QED) is 0.405. The Morgan fingerprint density at radius 3 is 2.41 bits per heavy atom. The van der Waals surface area contributed by atoms with Crippen LogP contribution < -0.4 is 10.6 Å². The monoisotopic (exact) mass is 419 g/mol. The van der Waals surface area contributed by atoms with Gasteiger partial charge in [-0.2, -0.15) is 0 Å². The van der Waals surface area contributed by atoms with Gasteiger partial charge in [0.15, 0.2) is 5.96 Å². The van der Waals surface area contributed by atoms with Crippen LogP contribution in [0, 0.1) is 0 Å². The average molecular weight is 419 g/mol. The summed E-state index contributed by atoms with van der Waals surface area (Å²) < 4.78 is 5.39. The lowest BCUT2D eigenvalue weighted by Gasteiger charge is -2.24.